The number of alkyl carbamates (subject to hydrolysis) is 1. The summed E-state index contributed by atoms with van der Waals surface area (Å²) in [6.45, 7) is 1.41. The number of hydrogen-bond donors (Lipinski definition) is 2. The van der Waals surface area contributed by atoms with Gasteiger partial charge in [-0.3, -0.25) is 0 Å². The van der Waals surface area contributed by atoms with E-state index in [2.05, 4.69) is 4.74 Å². The van der Waals surface area contributed by atoms with Crippen LogP contribution >= 0.6 is 0 Å². The van der Waals surface area contributed by atoms with Crippen LogP contribution in [0.3, 0.4) is 0 Å². The van der Waals surface area contributed by atoms with Gasteiger partial charge in [-0.25, -0.2) is 9.59 Å². The SMILES string of the molecule is CC(C)(OC(=O)NC(C(=O)O)C1CCCC1)C(F)(F)F. The molecule has 0 radical (unpaired) electrons. The zero-order valence-electron chi connectivity index (χ0n) is 11.3. The fraction of sp³-hybridized carbons (Fsp3) is 0.833. The number of carbonyl (C=O) groups is 2. The highest BCUT2D eigenvalue weighted by Gasteiger charge is 2.51. The second-order valence-electron chi connectivity index (χ2n) is 5.40. The van der Waals surface area contributed by atoms with Crippen LogP contribution in [-0.2, 0) is 9.53 Å². The number of alkyl halides is 3. The van der Waals surface area contributed by atoms with Crippen LogP contribution in [-0.4, -0.2) is 35.0 Å². The summed E-state index contributed by atoms with van der Waals surface area (Å²) < 4.78 is 42.0. The van der Waals surface area contributed by atoms with Crippen LogP contribution in [0.25, 0.3) is 0 Å². The van der Waals surface area contributed by atoms with E-state index in [1.807, 2.05) is 5.32 Å². The van der Waals surface area contributed by atoms with Crippen LogP contribution in [0.1, 0.15) is 39.5 Å². The lowest BCUT2D eigenvalue weighted by atomic mass is 9.98. The van der Waals surface area contributed by atoms with Crippen molar-refractivity contribution in [3.8, 4) is 0 Å². The Kier molecular flexibility index (Phi) is 4.88. The molecule has 1 amide bonds. The molecular formula is C12H18F3NO4. The van der Waals surface area contributed by atoms with Crippen LogP contribution in [0.4, 0.5) is 18.0 Å². The van der Waals surface area contributed by atoms with Gasteiger partial charge in [-0.2, -0.15) is 13.2 Å². The summed E-state index contributed by atoms with van der Waals surface area (Å²) >= 11 is 0. The van der Waals surface area contributed by atoms with Gasteiger partial charge in [0.2, 0.25) is 5.60 Å². The summed E-state index contributed by atoms with van der Waals surface area (Å²) in [6.07, 6.45) is -3.15. The minimum Gasteiger partial charge on any atom is -0.480 e. The van der Waals surface area contributed by atoms with Gasteiger partial charge in [-0.1, -0.05) is 12.8 Å². The molecule has 0 spiro atoms. The highest BCUT2D eigenvalue weighted by atomic mass is 19.4. The second-order valence-corrected chi connectivity index (χ2v) is 5.40. The molecule has 0 aromatic carbocycles. The number of amides is 1. The number of halogens is 3. The molecule has 20 heavy (non-hydrogen) atoms. The van der Waals surface area contributed by atoms with Crippen molar-refractivity contribution in [2.75, 3.05) is 0 Å². The van der Waals surface area contributed by atoms with E-state index < -0.39 is 29.9 Å². The molecule has 0 bridgehead atoms. The van der Waals surface area contributed by atoms with Gasteiger partial charge in [0.05, 0.1) is 0 Å². The Bertz CT molecular complexity index is 375. The summed E-state index contributed by atoms with van der Waals surface area (Å²) in [7, 11) is 0. The maximum Gasteiger partial charge on any atom is 0.427 e. The van der Waals surface area contributed by atoms with Gasteiger partial charge in [0.15, 0.2) is 0 Å². The normalized spacial score (nSPS) is 18.6. The third kappa shape index (κ3) is 4.01. The first-order valence-electron chi connectivity index (χ1n) is 6.33. The molecular weight excluding hydrogens is 279 g/mol. The van der Waals surface area contributed by atoms with Crippen LogP contribution in [0.5, 0.6) is 0 Å². The fourth-order valence-corrected chi connectivity index (χ4v) is 2.12. The average molecular weight is 297 g/mol. The van der Waals surface area contributed by atoms with Crippen molar-refractivity contribution in [2.45, 2.75) is 57.3 Å². The average Bonchev–Trinajstić information content (AvgIpc) is 2.76. The number of carboxylic acid groups (broad SMARTS) is 1. The lowest BCUT2D eigenvalue weighted by molar-refractivity contribution is -0.244. The van der Waals surface area contributed by atoms with Gasteiger partial charge in [-0.15, -0.1) is 0 Å². The third-order valence-corrected chi connectivity index (χ3v) is 3.44. The predicted molar refractivity (Wildman–Crippen MR) is 63.1 cm³/mol. The molecule has 1 fully saturated rings. The van der Waals surface area contributed by atoms with E-state index in [1.165, 1.54) is 0 Å². The molecule has 1 aliphatic carbocycles. The maximum atomic E-state index is 12.6. The van der Waals surface area contributed by atoms with Crippen molar-refractivity contribution < 1.29 is 32.6 Å². The molecule has 0 aliphatic heterocycles. The van der Waals surface area contributed by atoms with Gasteiger partial charge in [-0.05, 0) is 32.6 Å². The molecule has 1 saturated carbocycles. The Labute approximate surface area is 114 Å². The summed E-state index contributed by atoms with van der Waals surface area (Å²) in [4.78, 5) is 22.6. The van der Waals surface area contributed by atoms with E-state index in [0.717, 1.165) is 12.8 Å². The number of ether oxygens (including phenoxy) is 1. The summed E-state index contributed by atoms with van der Waals surface area (Å²) in [5, 5.41) is 11.1. The Balaban J connectivity index is 2.65. The number of hydrogen-bond acceptors (Lipinski definition) is 3. The highest BCUT2D eigenvalue weighted by Crippen LogP contribution is 2.33. The van der Waals surface area contributed by atoms with Gasteiger partial charge >= 0.3 is 18.2 Å². The van der Waals surface area contributed by atoms with Crippen molar-refractivity contribution in [3.63, 3.8) is 0 Å². The monoisotopic (exact) mass is 297 g/mol. The van der Waals surface area contributed by atoms with E-state index in [4.69, 9.17) is 5.11 Å². The zero-order valence-corrected chi connectivity index (χ0v) is 11.3. The quantitative estimate of drug-likeness (QED) is 0.836. The number of rotatable bonds is 4. The molecule has 0 heterocycles. The summed E-state index contributed by atoms with van der Waals surface area (Å²) in [6, 6.07) is -1.21. The number of nitrogens with one attached hydrogen (secondary N) is 1. The smallest absolute Gasteiger partial charge is 0.427 e. The maximum absolute atomic E-state index is 12.6. The number of aliphatic carboxylic acids is 1. The molecule has 0 aromatic rings. The minimum absolute atomic E-state index is 0.269. The molecule has 1 aliphatic rings. The van der Waals surface area contributed by atoms with Gasteiger partial charge < -0.3 is 15.2 Å². The van der Waals surface area contributed by atoms with Crippen molar-refractivity contribution in [1.29, 1.82) is 0 Å². The minimum atomic E-state index is -4.73. The fourth-order valence-electron chi connectivity index (χ4n) is 2.12. The van der Waals surface area contributed by atoms with Gasteiger partial charge in [0.25, 0.3) is 0 Å². The van der Waals surface area contributed by atoms with E-state index in [1.54, 1.807) is 0 Å². The lowest BCUT2D eigenvalue weighted by Gasteiger charge is -2.29. The number of carboxylic acids is 1. The second kappa shape index (κ2) is 5.88. The van der Waals surface area contributed by atoms with Crippen molar-refractivity contribution >= 4 is 12.1 Å². The third-order valence-electron chi connectivity index (χ3n) is 3.44. The Morgan fingerprint density at radius 1 is 1.25 bits per heavy atom. The van der Waals surface area contributed by atoms with E-state index in [9.17, 15) is 22.8 Å². The molecule has 2 N–H and O–H groups in total. The largest absolute Gasteiger partial charge is 0.480 e. The number of carbonyl (C=O) groups excluding carboxylic acids is 1. The van der Waals surface area contributed by atoms with Crippen LogP contribution in [0, 0.1) is 5.92 Å². The standard InChI is InChI=1S/C12H18F3NO4/c1-11(2,12(13,14)15)20-10(19)16-8(9(17)18)7-5-3-4-6-7/h7-8H,3-6H2,1-2H3,(H,16,19)(H,17,18). The zero-order chi connectivity index (χ0) is 15.6. The van der Waals surface area contributed by atoms with E-state index in [0.29, 0.717) is 26.7 Å². The Morgan fingerprint density at radius 3 is 2.15 bits per heavy atom. The van der Waals surface area contributed by atoms with Crippen LogP contribution in [0.2, 0.25) is 0 Å². The van der Waals surface area contributed by atoms with E-state index in [-0.39, 0.29) is 5.92 Å². The van der Waals surface area contributed by atoms with Gasteiger partial charge in [0, 0.05) is 0 Å². The van der Waals surface area contributed by atoms with Crippen LogP contribution in [0.15, 0.2) is 0 Å². The van der Waals surface area contributed by atoms with E-state index >= 15 is 0 Å². The first-order chi connectivity index (χ1) is 9.04. The summed E-state index contributed by atoms with van der Waals surface area (Å²) in [5.74, 6) is -1.53. The van der Waals surface area contributed by atoms with Crippen molar-refractivity contribution in [1.82, 2.24) is 5.32 Å². The topological polar surface area (TPSA) is 75.6 Å². The molecule has 1 atom stereocenters. The molecule has 1 unspecified atom stereocenters. The highest BCUT2D eigenvalue weighted by molar-refractivity contribution is 5.80. The lowest BCUT2D eigenvalue weighted by Crippen LogP contribution is -2.50. The van der Waals surface area contributed by atoms with Gasteiger partial charge in [0.1, 0.15) is 6.04 Å². The van der Waals surface area contributed by atoms with Crippen molar-refractivity contribution in [3.05, 3.63) is 0 Å². The summed E-state index contributed by atoms with van der Waals surface area (Å²) in [5.41, 5.74) is -2.67. The molecule has 1 rings (SSSR count). The molecule has 8 heteroatoms. The first kappa shape index (κ1) is 16.6. The molecule has 0 saturated heterocycles. The predicted octanol–water partition coefficient (Wildman–Crippen LogP) is 2.70. The molecule has 116 valence electrons. The molecule has 5 nitrogen and oxygen atoms in total. The first-order valence-corrected chi connectivity index (χ1v) is 6.33. The molecule has 0 aromatic heterocycles. The Hall–Kier alpha value is -1.47. The van der Waals surface area contributed by atoms with Crippen molar-refractivity contribution in [2.24, 2.45) is 5.92 Å². The Morgan fingerprint density at radius 2 is 1.75 bits per heavy atom. The van der Waals surface area contributed by atoms with Crippen LogP contribution < -0.4 is 5.32 Å².